The van der Waals surface area contributed by atoms with Gasteiger partial charge in [0.25, 0.3) is 0 Å². The minimum atomic E-state index is -0.490. The number of rotatable bonds is 6. The first-order valence-electron chi connectivity index (χ1n) is 11.0. The molecule has 1 atom stereocenters. The highest BCUT2D eigenvalue weighted by Crippen LogP contribution is 2.27. The van der Waals surface area contributed by atoms with Crippen molar-refractivity contribution in [3.8, 4) is 11.3 Å². The molecular formula is C24H25FN6O2. The van der Waals surface area contributed by atoms with Crippen LogP contribution < -0.4 is 5.32 Å². The molecule has 1 aliphatic rings. The molecule has 1 saturated heterocycles. The zero-order chi connectivity index (χ0) is 22.8. The van der Waals surface area contributed by atoms with Crippen molar-refractivity contribution in [3.05, 3.63) is 71.6 Å². The number of hydrogen-bond acceptors (Lipinski definition) is 7. The Hall–Kier alpha value is -3.43. The number of hydrogen-bond donors (Lipinski definition) is 2. The number of benzene rings is 1. The molecule has 5 rings (SSSR count). The Morgan fingerprint density at radius 3 is 2.82 bits per heavy atom. The summed E-state index contributed by atoms with van der Waals surface area (Å²) in [6.45, 7) is 2.98. The largest absolute Gasteiger partial charge is 0.395 e. The first-order valence-corrected chi connectivity index (χ1v) is 11.0. The van der Waals surface area contributed by atoms with Crippen LogP contribution in [-0.2, 0) is 4.74 Å². The van der Waals surface area contributed by atoms with Gasteiger partial charge in [0.05, 0.1) is 18.2 Å². The van der Waals surface area contributed by atoms with Gasteiger partial charge in [0.2, 0.25) is 5.95 Å². The first kappa shape index (κ1) is 21.4. The SMILES string of the molecule is Cc1ccc([C@H](CO)c2nnc3cc(-c4ccnc(NC5CCOCC5)n4)ccn23)cc1F. The third kappa shape index (κ3) is 4.42. The summed E-state index contributed by atoms with van der Waals surface area (Å²) < 4.78 is 21.3. The molecule has 8 nitrogen and oxygen atoms in total. The van der Waals surface area contributed by atoms with E-state index in [0.717, 1.165) is 37.3 Å². The van der Waals surface area contributed by atoms with Gasteiger partial charge in [-0.1, -0.05) is 12.1 Å². The molecule has 1 aromatic carbocycles. The summed E-state index contributed by atoms with van der Waals surface area (Å²) >= 11 is 0. The average Bonchev–Trinajstić information content (AvgIpc) is 3.26. The van der Waals surface area contributed by atoms with Crippen molar-refractivity contribution in [3.63, 3.8) is 0 Å². The fourth-order valence-electron chi connectivity index (χ4n) is 4.08. The minimum Gasteiger partial charge on any atom is -0.395 e. The van der Waals surface area contributed by atoms with Crippen molar-refractivity contribution in [2.75, 3.05) is 25.1 Å². The Labute approximate surface area is 190 Å². The monoisotopic (exact) mass is 448 g/mol. The number of pyridine rings is 1. The second-order valence-corrected chi connectivity index (χ2v) is 8.24. The second-order valence-electron chi connectivity index (χ2n) is 8.24. The van der Waals surface area contributed by atoms with Gasteiger partial charge in [-0.2, -0.15) is 0 Å². The van der Waals surface area contributed by atoms with Crippen LogP contribution in [0.3, 0.4) is 0 Å². The van der Waals surface area contributed by atoms with Crippen LogP contribution in [0, 0.1) is 12.7 Å². The van der Waals surface area contributed by atoms with Gasteiger partial charge in [-0.05, 0) is 55.2 Å². The number of aryl methyl sites for hydroxylation is 1. The maximum Gasteiger partial charge on any atom is 0.223 e. The fourth-order valence-corrected chi connectivity index (χ4v) is 4.08. The predicted octanol–water partition coefficient (Wildman–Crippen LogP) is 3.35. The smallest absolute Gasteiger partial charge is 0.223 e. The lowest BCUT2D eigenvalue weighted by Crippen LogP contribution is -2.28. The molecule has 2 N–H and O–H groups in total. The average molecular weight is 449 g/mol. The summed E-state index contributed by atoms with van der Waals surface area (Å²) in [6.07, 6.45) is 5.44. The molecule has 1 aliphatic heterocycles. The number of aliphatic hydroxyl groups is 1. The number of halogens is 1. The molecule has 0 bridgehead atoms. The van der Waals surface area contributed by atoms with E-state index in [0.29, 0.717) is 34.6 Å². The number of aliphatic hydroxyl groups excluding tert-OH is 1. The number of fused-ring (bicyclic) bond motifs is 1. The molecule has 33 heavy (non-hydrogen) atoms. The lowest BCUT2D eigenvalue weighted by molar-refractivity contribution is 0.0903. The molecule has 4 aromatic rings. The lowest BCUT2D eigenvalue weighted by atomic mass is 9.97. The van der Waals surface area contributed by atoms with E-state index in [1.54, 1.807) is 19.2 Å². The highest BCUT2D eigenvalue weighted by molar-refractivity contribution is 5.64. The van der Waals surface area contributed by atoms with Crippen molar-refractivity contribution in [1.29, 1.82) is 0 Å². The number of anilines is 1. The van der Waals surface area contributed by atoms with Crippen LogP contribution >= 0.6 is 0 Å². The normalized spacial score (nSPS) is 15.6. The van der Waals surface area contributed by atoms with Gasteiger partial charge in [0, 0.05) is 37.2 Å². The molecule has 9 heteroatoms. The molecule has 0 aliphatic carbocycles. The summed E-state index contributed by atoms with van der Waals surface area (Å²) in [5.41, 5.74) is 3.47. The highest BCUT2D eigenvalue weighted by atomic mass is 19.1. The number of ether oxygens (including phenoxy) is 1. The van der Waals surface area contributed by atoms with Gasteiger partial charge in [-0.15, -0.1) is 10.2 Å². The zero-order valence-electron chi connectivity index (χ0n) is 18.3. The fraction of sp³-hybridized carbons (Fsp3) is 0.333. The van der Waals surface area contributed by atoms with E-state index in [1.165, 1.54) is 6.07 Å². The molecule has 0 saturated carbocycles. The van der Waals surface area contributed by atoms with Crippen molar-refractivity contribution >= 4 is 11.6 Å². The van der Waals surface area contributed by atoms with Crippen molar-refractivity contribution < 1.29 is 14.2 Å². The molecule has 0 spiro atoms. The van der Waals surface area contributed by atoms with Gasteiger partial charge in [-0.3, -0.25) is 4.40 Å². The Bertz CT molecular complexity index is 1270. The zero-order valence-corrected chi connectivity index (χ0v) is 18.3. The molecule has 1 fully saturated rings. The van der Waals surface area contributed by atoms with Crippen LogP contribution in [-0.4, -0.2) is 55.5 Å². The summed E-state index contributed by atoms with van der Waals surface area (Å²) in [6, 6.07) is 10.9. The third-order valence-corrected chi connectivity index (χ3v) is 6.03. The first-order chi connectivity index (χ1) is 16.1. The Morgan fingerprint density at radius 2 is 2.03 bits per heavy atom. The van der Waals surface area contributed by atoms with Gasteiger partial charge in [-0.25, -0.2) is 14.4 Å². The van der Waals surface area contributed by atoms with E-state index in [2.05, 4.69) is 25.5 Å². The van der Waals surface area contributed by atoms with Gasteiger partial charge in [0.15, 0.2) is 5.65 Å². The molecule has 0 unspecified atom stereocenters. The maximum absolute atomic E-state index is 14.1. The van der Waals surface area contributed by atoms with Crippen LogP contribution in [0.4, 0.5) is 10.3 Å². The summed E-state index contributed by atoms with van der Waals surface area (Å²) in [5.74, 6) is 0.335. The summed E-state index contributed by atoms with van der Waals surface area (Å²) in [5, 5.41) is 22.0. The van der Waals surface area contributed by atoms with Crippen LogP contribution in [0.5, 0.6) is 0 Å². The Balaban J connectivity index is 1.43. The molecule has 170 valence electrons. The van der Waals surface area contributed by atoms with Crippen LogP contribution in [0.15, 0.2) is 48.8 Å². The predicted molar refractivity (Wildman–Crippen MR) is 122 cm³/mol. The van der Waals surface area contributed by atoms with E-state index in [-0.39, 0.29) is 12.4 Å². The van der Waals surface area contributed by atoms with Gasteiger partial charge in [0.1, 0.15) is 11.6 Å². The third-order valence-electron chi connectivity index (χ3n) is 6.03. The molecule has 0 radical (unpaired) electrons. The van der Waals surface area contributed by atoms with Crippen molar-refractivity contribution in [2.45, 2.75) is 31.7 Å². The van der Waals surface area contributed by atoms with E-state index >= 15 is 0 Å². The summed E-state index contributed by atoms with van der Waals surface area (Å²) in [7, 11) is 0. The number of aromatic nitrogens is 5. The van der Waals surface area contributed by atoms with E-state index in [1.807, 2.05) is 34.9 Å². The molecule has 3 aromatic heterocycles. The van der Waals surface area contributed by atoms with Crippen molar-refractivity contribution in [1.82, 2.24) is 24.6 Å². The van der Waals surface area contributed by atoms with Crippen LogP contribution in [0.2, 0.25) is 0 Å². The summed E-state index contributed by atoms with van der Waals surface area (Å²) in [4.78, 5) is 9.02. The van der Waals surface area contributed by atoms with Crippen LogP contribution in [0.1, 0.15) is 35.7 Å². The highest BCUT2D eigenvalue weighted by Gasteiger charge is 2.21. The van der Waals surface area contributed by atoms with Gasteiger partial charge >= 0.3 is 0 Å². The van der Waals surface area contributed by atoms with Gasteiger partial charge < -0.3 is 15.2 Å². The maximum atomic E-state index is 14.1. The quantitative estimate of drug-likeness (QED) is 0.467. The van der Waals surface area contributed by atoms with Crippen molar-refractivity contribution in [2.24, 2.45) is 0 Å². The molecule has 4 heterocycles. The van der Waals surface area contributed by atoms with Crippen LogP contribution in [0.25, 0.3) is 16.9 Å². The molecular weight excluding hydrogens is 423 g/mol. The Morgan fingerprint density at radius 1 is 1.18 bits per heavy atom. The molecule has 0 amide bonds. The standard InChI is InChI=1S/C24H25FN6O2/c1-15-2-3-16(12-20(15)25)19(14-32)23-30-29-22-13-17(5-9-31(22)23)21-4-8-26-24(28-21)27-18-6-10-33-11-7-18/h2-5,8-9,12-13,18-19,32H,6-7,10-11,14H2,1H3,(H,26,27,28)/t19-/m0/s1. The lowest BCUT2D eigenvalue weighted by Gasteiger charge is -2.23. The van der Waals surface area contributed by atoms with E-state index in [9.17, 15) is 9.50 Å². The number of nitrogens with zero attached hydrogens (tertiary/aromatic N) is 5. The minimum absolute atomic E-state index is 0.210. The Kier molecular flexibility index (Phi) is 5.97. The number of nitrogens with one attached hydrogen (secondary N) is 1. The second kappa shape index (κ2) is 9.21. The van der Waals surface area contributed by atoms with E-state index in [4.69, 9.17) is 4.74 Å². The van der Waals surface area contributed by atoms with E-state index < -0.39 is 5.92 Å². The topological polar surface area (TPSA) is 97.5 Å².